The zero-order valence-electron chi connectivity index (χ0n) is 13.6. The first-order chi connectivity index (χ1) is 10.8. The van der Waals surface area contributed by atoms with Crippen molar-refractivity contribution in [1.29, 1.82) is 0 Å². The molecular formula is C15H20N4O3S. The summed E-state index contributed by atoms with van der Waals surface area (Å²) in [5.74, 6) is 0.159. The fraction of sp³-hybridized carbons (Fsp3) is 0.467. The van der Waals surface area contributed by atoms with E-state index in [1.54, 1.807) is 18.4 Å². The van der Waals surface area contributed by atoms with Gasteiger partial charge in [-0.25, -0.2) is 9.78 Å². The van der Waals surface area contributed by atoms with Crippen LogP contribution in [0.4, 0.5) is 0 Å². The van der Waals surface area contributed by atoms with Gasteiger partial charge in [-0.2, -0.15) is 0 Å². The van der Waals surface area contributed by atoms with Crippen molar-refractivity contribution >= 4 is 17.2 Å². The molecule has 0 saturated carbocycles. The van der Waals surface area contributed by atoms with Crippen molar-refractivity contribution in [1.82, 2.24) is 19.4 Å². The van der Waals surface area contributed by atoms with Crippen LogP contribution in [0.2, 0.25) is 0 Å². The molecule has 0 bridgehead atoms. The zero-order valence-corrected chi connectivity index (χ0v) is 14.4. The quantitative estimate of drug-likeness (QED) is 0.877. The van der Waals surface area contributed by atoms with Gasteiger partial charge in [0.1, 0.15) is 0 Å². The van der Waals surface area contributed by atoms with Crippen LogP contribution >= 0.6 is 11.3 Å². The van der Waals surface area contributed by atoms with Crippen LogP contribution in [0.5, 0.6) is 0 Å². The summed E-state index contributed by atoms with van der Waals surface area (Å²) in [7, 11) is 3.05. The second-order valence-electron chi connectivity index (χ2n) is 5.74. The van der Waals surface area contributed by atoms with Crippen molar-refractivity contribution < 1.29 is 4.79 Å². The molecule has 0 radical (unpaired) electrons. The molecule has 1 amide bonds. The Balaban J connectivity index is 2.07. The summed E-state index contributed by atoms with van der Waals surface area (Å²) >= 11 is 1.58. The molecule has 0 aliphatic rings. The number of H-pyrrole nitrogens is 1. The van der Waals surface area contributed by atoms with Crippen molar-refractivity contribution in [3.8, 4) is 0 Å². The molecule has 0 spiro atoms. The minimum absolute atomic E-state index is 0.0544. The zero-order chi connectivity index (χ0) is 17.1. The van der Waals surface area contributed by atoms with Crippen LogP contribution in [-0.4, -0.2) is 32.4 Å². The van der Waals surface area contributed by atoms with Gasteiger partial charge in [-0.1, -0.05) is 13.8 Å². The van der Waals surface area contributed by atoms with Gasteiger partial charge >= 0.3 is 5.69 Å². The van der Waals surface area contributed by atoms with E-state index in [-0.39, 0.29) is 17.9 Å². The Bertz CT molecular complexity index is 819. The smallest absolute Gasteiger partial charge is 0.328 e. The van der Waals surface area contributed by atoms with Crippen LogP contribution in [0.25, 0.3) is 0 Å². The van der Waals surface area contributed by atoms with Crippen molar-refractivity contribution in [2.45, 2.75) is 32.7 Å². The third kappa shape index (κ3) is 3.95. The molecule has 0 fully saturated rings. The molecule has 0 aromatic carbocycles. The number of hydrogen-bond acceptors (Lipinski definition) is 5. The molecule has 1 N–H and O–H groups in total. The van der Waals surface area contributed by atoms with Crippen LogP contribution in [0, 0.1) is 0 Å². The van der Waals surface area contributed by atoms with E-state index in [0.29, 0.717) is 12.5 Å². The lowest BCUT2D eigenvalue weighted by atomic mass is 10.2. The van der Waals surface area contributed by atoms with E-state index in [2.05, 4.69) is 23.8 Å². The molecule has 2 rings (SSSR count). The van der Waals surface area contributed by atoms with Crippen LogP contribution in [0.15, 0.2) is 21.2 Å². The molecule has 0 saturated heterocycles. The van der Waals surface area contributed by atoms with Gasteiger partial charge in [0.05, 0.1) is 23.7 Å². The van der Waals surface area contributed by atoms with Crippen molar-refractivity contribution in [3.63, 3.8) is 0 Å². The Labute approximate surface area is 137 Å². The summed E-state index contributed by atoms with van der Waals surface area (Å²) in [6.45, 7) is 4.54. The average Bonchev–Trinajstić information content (AvgIpc) is 2.96. The molecule has 0 aliphatic carbocycles. The maximum atomic E-state index is 12.3. The highest BCUT2D eigenvalue weighted by Crippen LogP contribution is 2.19. The number of rotatable bonds is 5. The summed E-state index contributed by atoms with van der Waals surface area (Å²) < 4.78 is 0.956. The van der Waals surface area contributed by atoms with Gasteiger partial charge < -0.3 is 9.88 Å². The lowest BCUT2D eigenvalue weighted by Crippen LogP contribution is -2.37. The first-order valence-corrected chi connectivity index (χ1v) is 8.13. The normalized spacial score (nSPS) is 11.0. The number of nitrogens with one attached hydrogen (secondary N) is 1. The number of hydrogen-bond donors (Lipinski definition) is 1. The van der Waals surface area contributed by atoms with Gasteiger partial charge in [-0.3, -0.25) is 14.2 Å². The molecular weight excluding hydrogens is 316 g/mol. The van der Waals surface area contributed by atoms with Crippen molar-refractivity contribution in [2.24, 2.45) is 7.05 Å². The highest BCUT2D eigenvalue weighted by molar-refractivity contribution is 7.09. The Kier molecular flexibility index (Phi) is 5.15. The lowest BCUT2D eigenvalue weighted by molar-refractivity contribution is -0.129. The number of carbonyl (C=O) groups is 1. The maximum absolute atomic E-state index is 12.3. The van der Waals surface area contributed by atoms with Crippen LogP contribution in [-0.2, 0) is 24.8 Å². The summed E-state index contributed by atoms with van der Waals surface area (Å²) in [5.41, 5.74) is 0.156. The number of amides is 1. The molecule has 8 heteroatoms. The average molecular weight is 336 g/mol. The van der Waals surface area contributed by atoms with Crippen LogP contribution in [0.3, 0.4) is 0 Å². The molecule has 23 heavy (non-hydrogen) atoms. The van der Waals surface area contributed by atoms with Crippen LogP contribution < -0.4 is 11.2 Å². The second-order valence-corrected chi connectivity index (χ2v) is 6.63. The Morgan fingerprint density at radius 2 is 2.13 bits per heavy atom. The Hall–Kier alpha value is -2.22. The molecule has 2 aromatic heterocycles. The van der Waals surface area contributed by atoms with E-state index in [0.717, 1.165) is 15.3 Å². The topological polar surface area (TPSA) is 88.1 Å². The van der Waals surface area contributed by atoms with Gasteiger partial charge in [-0.05, 0) is 0 Å². The van der Waals surface area contributed by atoms with E-state index < -0.39 is 11.2 Å². The molecule has 7 nitrogen and oxygen atoms in total. The highest BCUT2D eigenvalue weighted by Gasteiger charge is 2.15. The fourth-order valence-corrected chi connectivity index (χ4v) is 2.86. The van der Waals surface area contributed by atoms with Gasteiger partial charge in [-0.15, -0.1) is 11.3 Å². The molecule has 124 valence electrons. The first kappa shape index (κ1) is 17.1. The van der Waals surface area contributed by atoms with Crippen molar-refractivity contribution in [2.75, 3.05) is 7.05 Å². The van der Waals surface area contributed by atoms with E-state index >= 15 is 0 Å². The summed E-state index contributed by atoms with van der Waals surface area (Å²) in [6.07, 6.45) is 1.25. The molecule has 0 aliphatic heterocycles. The highest BCUT2D eigenvalue weighted by atomic mass is 32.1. The Morgan fingerprint density at radius 1 is 1.43 bits per heavy atom. The standard InChI is InChI=1S/C15H20N4O3S/c1-9(2)13-17-11(8-23-13)7-18(3)12(20)5-10-6-16-15(22)19(4)14(10)21/h6,8-9H,5,7H2,1-4H3,(H,16,22). The number of carbonyl (C=O) groups excluding carboxylic acids is 1. The molecule has 0 atom stereocenters. The number of aromatic nitrogens is 3. The third-order valence-corrected chi connectivity index (χ3v) is 4.68. The fourth-order valence-electron chi connectivity index (χ4n) is 2.03. The van der Waals surface area contributed by atoms with E-state index in [1.165, 1.54) is 18.1 Å². The Morgan fingerprint density at radius 3 is 2.74 bits per heavy atom. The summed E-state index contributed by atoms with van der Waals surface area (Å²) in [6, 6.07) is 0. The number of nitrogens with zero attached hydrogens (tertiary/aromatic N) is 3. The van der Waals surface area contributed by atoms with E-state index in [4.69, 9.17) is 0 Å². The van der Waals surface area contributed by atoms with Crippen molar-refractivity contribution in [3.05, 3.63) is 48.7 Å². The monoisotopic (exact) mass is 336 g/mol. The minimum Gasteiger partial charge on any atom is -0.340 e. The SMILES string of the molecule is CC(C)c1nc(CN(C)C(=O)Cc2c[nH]c(=O)n(C)c2=O)cs1. The summed E-state index contributed by atoms with van der Waals surface area (Å²) in [5, 5.41) is 2.98. The van der Waals surface area contributed by atoms with Gasteiger partial charge in [0.25, 0.3) is 5.56 Å². The maximum Gasteiger partial charge on any atom is 0.328 e. The third-order valence-electron chi connectivity index (χ3n) is 3.48. The molecule has 2 heterocycles. The second kappa shape index (κ2) is 6.91. The predicted molar refractivity (Wildman–Crippen MR) is 88.7 cm³/mol. The number of likely N-dealkylation sites (N-methyl/N-ethyl adjacent to an activating group) is 1. The van der Waals surface area contributed by atoms with Gasteiger partial charge in [0.15, 0.2) is 0 Å². The van der Waals surface area contributed by atoms with Gasteiger partial charge in [0.2, 0.25) is 5.91 Å². The minimum atomic E-state index is -0.497. The largest absolute Gasteiger partial charge is 0.340 e. The van der Waals surface area contributed by atoms with E-state index in [1.807, 2.05) is 5.38 Å². The summed E-state index contributed by atoms with van der Waals surface area (Å²) in [4.78, 5) is 44.0. The number of thiazole rings is 1. The predicted octanol–water partition coefficient (Wildman–Crippen LogP) is 0.855. The van der Waals surface area contributed by atoms with Crippen LogP contribution in [0.1, 0.15) is 36.0 Å². The first-order valence-electron chi connectivity index (χ1n) is 7.25. The number of aromatic amines is 1. The lowest BCUT2D eigenvalue weighted by Gasteiger charge is -2.15. The van der Waals surface area contributed by atoms with E-state index in [9.17, 15) is 14.4 Å². The molecule has 0 unspecified atom stereocenters. The van der Waals surface area contributed by atoms with Gasteiger partial charge in [0, 0.05) is 37.2 Å². The molecule has 2 aromatic rings.